The highest BCUT2D eigenvalue weighted by Crippen LogP contribution is 2.20. The number of carbonyl (C=O) groups excluding carboxylic acids is 1. The van der Waals surface area contributed by atoms with Crippen molar-refractivity contribution in [2.45, 2.75) is 18.9 Å². The van der Waals surface area contributed by atoms with E-state index in [2.05, 4.69) is 0 Å². The molecule has 1 aromatic carbocycles. The SMILES string of the molecule is O=C(c1cc([N+](=O)[O-])ccc1F)N1CCC(O)CC1. The summed E-state index contributed by atoms with van der Waals surface area (Å²) in [6.45, 7) is 0.643. The Morgan fingerprint density at radius 3 is 2.63 bits per heavy atom. The van der Waals surface area contributed by atoms with Gasteiger partial charge in [-0.25, -0.2) is 4.39 Å². The van der Waals surface area contributed by atoms with E-state index in [-0.39, 0.29) is 11.3 Å². The zero-order valence-electron chi connectivity index (χ0n) is 10.1. The number of halogens is 1. The zero-order chi connectivity index (χ0) is 14.0. The molecule has 6 nitrogen and oxygen atoms in total. The number of non-ortho nitro benzene ring substituents is 1. The lowest BCUT2D eigenvalue weighted by Crippen LogP contribution is -2.40. The number of hydrogen-bond donors (Lipinski definition) is 1. The smallest absolute Gasteiger partial charge is 0.270 e. The minimum atomic E-state index is -0.776. The van der Waals surface area contributed by atoms with E-state index in [9.17, 15) is 24.4 Å². The lowest BCUT2D eigenvalue weighted by Gasteiger charge is -2.29. The predicted molar refractivity (Wildman–Crippen MR) is 64.2 cm³/mol. The van der Waals surface area contributed by atoms with Gasteiger partial charge in [0.25, 0.3) is 11.6 Å². The average Bonchev–Trinajstić information content (AvgIpc) is 2.39. The first kappa shape index (κ1) is 13.4. The molecule has 1 aliphatic rings. The molecule has 1 amide bonds. The second-order valence-corrected chi connectivity index (χ2v) is 4.44. The van der Waals surface area contributed by atoms with Crippen LogP contribution in [0.3, 0.4) is 0 Å². The lowest BCUT2D eigenvalue weighted by molar-refractivity contribution is -0.384. The topological polar surface area (TPSA) is 83.7 Å². The van der Waals surface area contributed by atoms with E-state index in [0.29, 0.717) is 25.9 Å². The van der Waals surface area contributed by atoms with Crippen molar-refractivity contribution in [1.29, 1.82) is 0 Å². The number of amides is 1. The zero-order valence-corrected chi connectivity index (χ0v) is 10.1. The van der Waals surface area contributed by atoms with E-state index in [4.69, 9.17) is 0 Å². The molecule has 0 saturated carbocycles. The van der Waals surface area contributed by atoms with Crippen molar-refractivity contribution in [3.8, 4) is 0 Å². The maximum absolute atomic E-state index is 13.6. The summed E-state index contributed by atoms with van der Waals surface area (Å²) < 4.78 is 13.6. The quantitative estimate of drug-likeness (QED) is 0.648. The molecule has 2 rings (SSSR count). The highest BCUT2D eigenvalue weighted by Gasteiger charge is 2.25. The van der Waals surface area contributed by atoms with Crippen molar-refractivity contribution in [3.05, 3.63) is 39.7 Å². The number of nitro benzene ring substituents is 1. The summed E-state index contributed by atoms with van der Waals surface area (Å²) in [6, 6.07) is 2.89. The summed E-state index contributed by atoms with van der Waals surface area (Å²) in [6.07, 6.45) is 0.420. The number of aliphatic hydroxyl groups is 1. The maximum atomic E-state index is 13.6. The average molecular weight is 268 g/mol. The van der Waals surface area contributed by atoms with Crippen molar-refractivity contribution in [2.75, 3.05) is 13.1 Å². The van der Waals surface area contributed by atoms with E-state index in [0.717, 1.165) is 18.2 Å². The lowest BCUT2D eigenvalue weighted by atomic mass is 10.1. The Labute approximate surface area is 108 Å². The molecule has 0 aliphatic carbocycles. The highest BCUT2D eigenvalue weighted by atomic mass is 19.1. The molecular formula is C12H13FN2O4. The molecule has 1 N–H and O–H groups in total. The van der Waals surface area contributed by atoms with Gasteiger partial charge in [-0.1, -0.05) is 0 Å². The fourth-order valence-electron chi connectivity index (χ4n) is 2.03. The Morgan fingerprint density at radius 1 is 1.42 bits per heavy atom. The third-order valence-corrected chi connectivity index (χ3v) is 3.14. The van der Waals surface area contributed by atoms with E-state index in [1.807, 2.05) is 0 Å². The number of aliphatic hydroxyl groups excluding tert-OH is 1. The number of carbonyl (C=O) groups is 1. The number of piperidine rings is 1. The Kier molecular flexibility index (Phi) is 3.75. The third kappa shape index (κ3) is 2.87. The monoisotopic (exact) mass is 268 g/mol. The molecule has 0 bridgehead atoms. The van der Waals surface area contributed by atoms with Gasteiger partial charge in [0.2, 0.25) is 0 Å². The summed E-state index contributed by atoms with van der Waals surface area (Å²) in [7, 11) is 0. The number of rotatable bonds is 2. The van der Waals surface area contributed by atoms with Gasteiger partial charge in [0.15, 0.2) is 0 Å². The Hall–Kier alpha value is -2.02. The van der Waals surface area contributed by atoms with Gasteiger partial charge in [0.1, 0.15) is 5.82 Å². The fraction of sp³-hybridized carbons (Fsp3) is 0.417. The van der Waals surface area contributed by atoms with Crippen LogP contribution < -0.4 is 0 Å². The molecule has 1 aromatic rings. The van der Waals surface area contributed by atoms with Crippen molar-refractivity contribution in [1.82, 2.24) is 4.90 Å². The van der Waals surface area contributed by atoms with Gasteiger partial charge in [0.05, 0.1) is 16.6 Å². The van der Waals surface area contributed by atoms with Crippen molar-refractivity contribution in [2.24, 2.45) is 0 Å². The molecule has 7 heteroatoms. The van der Waals surface area contributed by atoms with Crippen LogP contribution in [0, 0.1) is 15.9 Å². The molecule has 1 aliphatic heterocycles. The molecule has 19 heavy (non-hydrogen) atoms. The van der Waals surface area contributed by atoms with Crippen LogP contribution in [-0.2, 0) is 0 Å². The second kappa shape index (κ2) is 5.31. The van der Waals surface area contributed by atoms with Crippen molar-refractivity contribution >= 4 is 11.6 Å². The molecule has 1 saturated heterocycles. The van der Waals surface area contributed by atoms with Crippen LogP contribution in [0.5, 0.6) is 0 Å². The van der Waals surface area contributed by atoms with E-state index in [1.54, 1.807) is 0 Å². The molecule has 1 heterocycles. The van der Waals surface area contributed by atoms with Crippen molar-refractivity contribution in [3.63, 3.8) is 0 Å². The predicted octanol–water partition coefficient (Wildman–Crippen LogP) is 1.33. The normalized spacial score (nSPS) is 16.4. The first-order chi connectivity index (χ1) is 8.99. The third-order valence-electron chi connectivity index (χ3n) is 3.14. The van der Waals surface area contributed by atoms with Gasteiger partial charge in [-0.05, 0) is 18.9 Å². The largest absolute Gasteiger partial charge is 0.393 e. The van der Waals surface area contributed by atoms with Crippen LogP contribution >= 0.6 is 0 Å². The molecule has 0 aromatic heterocycles. The summed E-state index contributed by atoms with van der Waals surface area (Å²) >= 11 is 0. The van der Waals surface area contributed by atoms with Crippen LogP contribution in [-0.4, -0.2) is 40.0 Å². The fourth-order valence-corrected chi connectivity index (χ4v) is 2.03. The first-order valence-corrected chi connectivity index (χ1v) is 5.90. The highest BCUT2D eigenvalue weighted by molar-refractivity contribution is 5.95. The Balaban J connectivity index is 2.23. The van der Waals surface area contributed by atoms with E-state index >= 15 is 0 Å². The maximum Gasteiger partial charge on any atom is 0.270 e. The molecule has 0 spiro atoms. The van der Waals surface area contributed by atoms with Crippen LogP contribution in [0.25, 0.3) is 0 Å². The Bertz CT molecular complexity index is 512. The van der Waals surface area contributed by atoms with Gasteiger partial charge >= 0.3 is 0 Å². The van der Waals surface area contributed by atoms with E-state index < -0.39 is 22.8 Å². The second-order valence-electron chi connectivity index (χ2n) is 4.44. The molecule has 0 unspecified atom stereocenters. The van der Waals surface area contributed by atoms with Crippen LogP contribution in [0.4, 0.5) is 10.1 Å². The van der Waals surface area contributed by atoms with Crippen LogP contribution in [0.2, 0.25) is 0 Å². The standard InChI is InChI=1S/C12H13FN2O4/c13-11-2-1-8(15(18)19)7-10(11)12(17)14-5-3-9(16)4-6-14/h1-2,7,9,16H,3-6H2. The van der Waals surface area contributed by atoms with Gasteiger partial charge in [0, 0.05) is 25.2 Å². The van der Waals surface area contributed by atoms with Gasteiger partial charge < -0.3 is 10.0 Å². The Morgan fingerprint density at radius 2 is 2.05 bits per heavy atom. The van der Waals surface area contributed by atoms with Crippen molar-refractivity contribution < 1.29 is 19.2 Å². The number of benzene rings is 1. The molecule has 0 radical (unpaired) electrons. The summed E-state index contributed by atoms with van der Waals surface area (Å²) in [4.78, 5) is 23.4. The summed E-state index contributed by atoms with van der Waals surface area (Å²) in [5.74, 6) is -1.35. The van der Waals surface area contributed by atoms with E-state index in [1.165, 1.54) is 4.90 Å². The number of nitro groups is 1. The molecular weight excluding hydrogens is 255 g/mol. The number of nitrogens with zero attached hydrogens (tertiary/aromatic N) is 2. The number of hydrogen-bond acceptors (Lipinski definition) is 4. The van der Waals surface area contributed by atoms with Gasteiger partial charge in [-0.2, -0.15) is 0 Å². The van der Waals surface area contributed by atoms with Crippen LogP contribution in [0.15, 0.2) is 18.2 Å². The molecule has 1 fully saturated rings. The first-order valence-electron chi connectivity index (χ1n) is 5.90. The molecule has 0 atom stereocenters. The van der Waals surface area contributed by atoms with Gasteiger partial charge in [-0.3, -0.25) is 14.9 Å². The summed E-state index contributed by atoms with van der Waals surface area (Å²) in [5, 5.41) is 20.0. The minimum Gasteiger partial charge on any atom is -0.393 e. The van der Waals surface area contributed by atoms with Gasteiger partial charge in [-0.15, -0.1) is 0 Å². The minimum absolute atomic E-state index is 0.300. The number of likely N-dealkylation sites (tertiary alicyclic amines) is 1. The molecule has 102 valence electrons. The summed E-state index contributed by atoms with van der Waals surface area (Å²) in [5.41, 5.74) is -0.618. The van der Waals surface area contributed by atoms with Crippen LogP contribution in [0.1, 0.15) is 23.2 Å².